The number of carboxylic acids is 1. The van der Waals surface area contributed by atoms with Gasteiger partial charge in [-0.3, -0.25) is 4.79 Å². The van der Waals surface area contributed by atoms with Crippen LogP contribution in [0.4, 0.5) is 0 Å². The molecule has 3 rings (SSSR count). The predicted octanol–water partition coefficient (Wildman–Crippen LogP) is 2.42. The van der Waals surface area contributed by atoms with Crippen molar-refractivity contribution >= 4 is 11.9 Å². The molecule has 1 aliphatic heterocycles. The van der Waals surface area contributed by atoms with Crippen LogP contribution in [0.2, 0.25) is 0 Å². The van der Waals surface area contributed by atoms with Gasteiger partial charge in [-0.15, -0.1) is 0 Å². The van der Waals surface area contributed by atoms with Gasteiger partial charge < -0.3 is 14.7 Å². The molecule has 0 aromatic heterocycles. The second-order valence-corrected chi connectivity index (χ2v) is 6.15. The first-order valence-electron chi connectivity index (χ1n) is 7.87. The van der Waals surface area contributed by atoms with Gasteiger partial charge in [0.15, 0.2) is 0 Å². The molecule has 1 aromatic rings. The quantitative estimate of drug-likeness (QED) is 0.907. The second kappa shape index (κ2) is 6.48. The summed E-state index contributed by atoms with van der Waals surface area (Å²) in [6.45, 7) is 2.20. The van der Waals surface area contributed by atoms with Crippen molar-refractivity contribution in [1.29, 1.82) is 0 Å². The van der Waals surface area contributed by atoms with E-state index in [9.17, 15) is 9.59 Å². The van der Waals surface area contributed by atoms with Gasteiger partial charge in [0.2, 0.25) is 0 Å². The highest BCUT2D eigenvalue weighted by molar-refractivity contribution is 5.97. The number of ether oxygens (including phenoxy) is 1. The maximum Gasteiger partial charge on any atom is 0.335 e. The molecule has 0 unspecified atom stereocenters. The molecule has 2 fully saturated rings. The van der Waals surface area contributed by atoms with E-state index in [1.165, 1.54) is 25.0 Å². The molecular weight excluding hydrogens is 282 g/mol. The van der Waals surface area contributed by atoms with Crippen molar-refractivity contribution in [3.8, 4) is 0 Å². The molecule has 5 nitrogen and oxygen atoms in total. The van der Waals surface area contributed by atoms with Crippen molar-refractivity contribution in [1.82, 2.24) is 4.90 Å². The fourth-order valence-electron chi connectivity index (χ4n) is 2.75. The summed E-state index contributed by atoms with van der Waals surface area (Å²) in [7, 11) is 0. The standard InChI is InChI=1S/C17H21NO4/c19-16(13-2-1-3-14(10-13)17(20)21)18-8-6-15(7-9-18)22-11-12-4-5-12/h1-3,10,12,15H,4-9,11H2,(H,20,21). The third-order valence-corrected chi connectivity index (χ3v) is 4.35. The number of likely N-dealkylation sites (tertiary alicyclic amines) is 1. The number of hydrogen-bond donors (Lipinski definition) is 1. The van der Waals surface area contributed by atoms with Crippen LogP contribution in [-0.4, -0.2) is 47.7 Å². The van der Waals surface area contributed by atoms with E-state index >= 15 is 0 Å². The Bertz CT molecular complexity index is 560. The minimum absolute atomic E-state index is 0.0938. The second-order valence-electron chi connectivity index (χ2n) is 6.15. The van der Waals surface area contributed by atoms with Gasteiger partial charge in [-0.1, -0.05) is 6.07 Å². The largest absolute Gasteiger partial charge is 0.478 e. The number of carbonyl (C=O) groups excluding carboxylic acids is 1. The summed E-state index contributed by atoms with van der Waals surface area (Å²) < 4.78 is 5.88. The number of amides is 1. The SMILES string of the molecule is O=C(O)c1cccc(C(=O)N2CCC(OCC3CC3)CC2)c1. The molecule has 1 saturated heterocycles. The number of carbonyl (C=O) groups is 2. The zero-order valence-corrected chi connectivity index (χ0v) is 12.5. The van der Waals surface area contributed by atoms with Crippen LogP contribution in [0.25, 0.3) is 0 Å². The normalized spacial score (nSPS) is 19.2. The van der Waals surface area contributed by atoms with Gasteiger partial charge in [0.25, 0.3) is 5.91 Å². The lowest BCUT2D eigenvalue weighted by molar-refractivity contribution is 0.00411. The molecule has 1 N–H and O–H groups in total. The van der Waals surface area contributed by atoms with E-state index in [0.717, 1.165) is 25.4 Å². The van der Waals surface area contributed by atoms with Gasteiger partial charge in [0.05, 0.1) is 11.7 Å². The van der Waals surface area contributed by atoms with E-state index in [0.29, 0.717) is 18.7 Å². The molecule has 1 aromatic carbocycles. The predicted molar refractivity (Wildman–Crippen MR) is 81.0 cm³/mol. The number of carboxylic acid groups (broad SMARTS) is 1. The zero-order chi connectivity index (χ0) is 15.5. The summed E-state index contributed by atoms with van der Waals surface area (Å²) in [5, 5.41) is 9.00. The van der Waals surface area contributed by atoms with Gasteiger partial charge in [-0.25, -0.2) is 4.79 Å². The summed E-state index contributed by atoms with van der Waals surface area (Å²) in [5.41, 5.74) is 0.589. The number of piperidine rings is 1. The molecule has 1 amide bonds. The zero-order valence-electron chi connectivity index (χ0n) is 12.5. The molecule has 2 aliphatic rings. The van der Waals surface area contributed by atoms with E-state index in [1.807, 2.05) is 0 Å². The number of nitrogens with zero attached hydrogens (tertiary/aromatic N) is 1. The Balaban J connectivity index is 1.54. The molecule has 0 radical (unpaired) electrons. The first kappa shape index (κ1) is 15.0. The van der Waals surface area contributed by atoms with E-state index in [2.05, 4.69) is 0 Å². The van der Waals surface area contributed by atoms with E-state index in [4.69, 9.17) is 9.84 Å². The Morgan fingerprint density at radius 1 is 1.14 bits per heavy atom. The average Bonchev–Trinajstić information content (AvgIpc) is 3.37. The van der Waals surface area contributed by atoms with Crippen molar-refractivity contribution in [3.05, 3.63) is 35.4 Å². The summed E-state index contributed by atoms with van der Waals surface area (Å²) in [6.07, 6.45) is 4.55. The van der Waals surface area contributed by atoms with Gasteiger partial charge in [0, 0.05) is 25.3 Å². The maximum absolute atomic E-state index is 12.4. The highest BCUT2D eigenvalue weighted by atomic mass is 16.5. The molecule has 1 heterocycles. The minimum atomic E-state index is -1.01. The smallest absolute Gasteiger partial charge is 0.335 e. The Kier molecular flexibility index (Phi) is 4.43. The molecular formula is C17H21NO4. The molecule has 0 bridgehead atoms. The van der Waals surface area contributed by atoms with Crippen LogP contribution in [0, 0.1) is 5.92 Å². The lowest BCUT2D eigenvalue weighted by atomic mass is 10.0. The fraction of sp³-hybridized carbons (Fsp3) is 0.529. The summed E-state index contributed by atoms with van der Waals surface area (Å²) in [6, 6.07) is 6.23. The summed E-state index contributed by atoms with van der Waals surface area (Å²) in [4.78, 5) is 25.2. The lowest BCUT2D eigenvalue weighted by Crippen LogP contribution is -2.41. The Labute approximate surface area is 129 Å². The molecule has 22 heavy (non-hydrogen) atoms. The first-order chi connectivity index (χ1) is 10.6. The maximum atomic E-state index is 12.4. The Morgan fingerprint density at radius 3 is 2.45 bits per heavy atom. The Hall–Kier alpha value is -1.88. The van der Waals surface area contributed by atoms with Crippen LogP contribution < -0.4 is 0 Å². The summed E-state index contributed by atoms with van der Waals surface area (Å²) >= 11 is 0. The van der Waals surface area contributed by atoms with Gasteiger partial charge >= 0.3 is 5.97 Å². The highest BCUT2D eigenvalue weighted by Crippen LogP contribution is 2.30. The third-order valence-electron chi connectivity index (χ3n) is 4.35. The molecule has 5 heteroatoms. The number of aromatic carboxylic acids is 1. The topological polar surface area (TPSA) is 66.8 Å². The van der Waals surface area contributed by atoms with Crippen molar-refractivity contribution in [2.24, 2.45) is 5.92 Å². The van der Waals surface area contributed by atoms with Crippen LogP contribution in [-0.2, 0) is 4.74 Å². The molecule has 0 atom stereocenters. The van der Waals surface area contributed by atoms with E-state index in [-0.39, 0.29) is 17.6 Å². The van der Waals surface area contributed by atoms with Crippen molar-refractivity contribution in [2.75, 3.05) is 19.7 Å². The van der Waals surface area contributed by atoms with E-state index < -0.39 is 5.97 Å². The van der Waals surface area contributed by atoms with Gasteiger partial charge in [-0.2, -0.15) is 0 Å². The molecule has 0 spiro atoms. The van der Waals surface area contributed by atoms with Crippen molar-refractivity contribution in [2.45, 2.75) is 31.8 Å². The van der Waals surface area contributed by atoms with Gasteiger partial charge in [0.1, 0.15) is 0 Å². The highest BCUT2D eigenvalue weighted by Gasteiger charge is 2.27. The third kappa shape index (κ3) is 3.65. The number of rotatable bonds is 5. The first-order valence-corrected chi connectivity index (χ1v) is 7.87. The van der Waals surface area contributed by atoms with Crippen molar-refractivity contribution in [3.63, 3.8) is 0 Å². The summed E-state index contributed by atoms with van der Waals surface area (Å²) in [5.74, 6) is -0.344. The van der Waals surface area contributed by atoms with Crippen LogP contribution in [0.1, 0.15) is 46.4 Å². The fourth-order valence-corrected chi connectivity index (χ4v) is 2.75. The monoisotopic (exact) mass is 303 g/mol. The molecule has 118 valence electrons. The van der Waals surface area contributed by atoms with Crippen LogP contribution in [0.15, 0.2) is 24.3 Å². The molecule has 1 saturated carbocycles. The van der Waals surface area contributed by atoms with E-state index in [1.54, 1.807) is 17.0 Å². The van der Waals surface area contributed by atoms with Gasteiger partial charge in [-0.05, 0) is 49.8 Å². The number of benzene rings is 1. The van der Waals surface area contributed by atoms with Crippen molar-refractivity contribution < 1.29 is 19.4 Å². The number of hydrogen-bond acceptors (Lipinski definition) is 3. The molecule has 1 aliphatic carbocycles. The van der Waals surface area contributed by atoms with Crippen LogP contribution in [0.3, 0.4) is 0 Å². The minimum Gasteiger partial charge on any atom is -0.478 e. The van der Waals surface area contributed by atoms with Crippen LogP contribution >= 0.6 is 0 Å². The van der Waals surface area contributed by atoms with Crippen LogP contribution in [0.5, 0.6) is 0 Å². The Morgan fingerprint density at radius 2 is 1.82 bits per heavy atom. The average molecular weight is 303 g/mol. The lowest BCUT2D eigenvalue weighted by Gasteiger charge is -2.32.